The van der Waals surface area contributed by atoms with Crippen LogP contribution in [0.15, 0.2) is 48.8 Å². The summed E-state index contributed by atoms with van der Waals surface area (Å²) in [5, 5.41) is 4.90. The molecule has 22 heavy (non-hydrogen) atoms. The van der Waals surface area contributed by atoms with E-state index < -0.39 is 0 Å². The van der Waals surface area contributed by atoms with Crippen LogP contribution in [0.5, 0.6) is 0 Å². The van der Waals surface area contributed by atoms with Gasteiger partial charge >= 0.3 is 0 Å². The molecule has 0 fully saturated rings. The smallest absolute Gasteiger partial charge is 0.100 e. The molecule has 0 spiro atoms. The molecule has 0 saturated heterocycles. The lowest BCUT2D eigenvalue weighted by atomic mass is 10.00. The molecular weight excluding hydrogens is 270 g/mol. The van der Waals surface area contributed by atoms with E-state index in [2.05, 4.69) is 71.9 Å². The predicted octanol–water partition coefficient (Wildman–Crippen LogP) is 4.55. The number of aryl methyl sites for hydroxylation is 1. The van der Waals surface area contributed by atoms with Crippen LogP contribution in [-0.4, -0.2) is 14.3 Å². The first-order valence-electron chi connectivity index (χ1n) is 8.07. The van der Waals surface area contributed by atoms with Gasteiger partial charge in [-0.3, -0.25) is 4.68 Å². The average Bonchev–Trinajstić information content (AvgIpc) is 3.22. The Balaban J connectivity index is 1.90. The molecular formula is C19H21N3. The van der Waals surface area contributed by atoms with Crippen LogP contribution in [0, 0.1) is 0 Å². The van der Waals surface area contributed by atoms with Crippen molar-refractivity contribution in [1.82, 2.24) is 14.3 Å². The van der Waals surface area contributed by atoms with Crippen molar-refractivity contribution >= 4 is 0 Å². The molecule has 0 unspecified atom stereocenters. The lowest BCUT2D eigenvalue weighted by Crippen LogP contribution is -1.95. The van der Waals surface area contributed by atoms with E-state index in [0.29, 0.717) is 6.04 Å². The van der Waals surface area contributed by atoms with Crippen molar-refractivity contribution in [2.24, 2.45) is 0 Å². The maximum Gasteiger partial charge on any atom is 0.100 e. The Morgan fingerprint density at radius 2 is 1.86 bits per heavy atom. The van der Waals surface area contributed by atoms with Gasteiger partial charge in [0.25, 0.3) is 0 Å². The Hall–Kier alpha value is -2.29. The molecule has 3 heterocycles. The summed E-state index contributed by atoms with van der Waals surface area (Å²) < 4.78 is 4.47. The van der Waals surface area contributed by atoms with Gasteiger partial charge in [0.2, 0.25) is 0 Å². The summed E-state index contributed by atoms with van der Waals surface area (Å²) in [6.45, 7) is 5.47. The first-order valence-corrected chi connectivity index (χ1v) is 8.07. The maximum absolute atomic E-state index is 4.90. The second kappa shape index (κ2) is 5.16. The molecule has 0 amide bonds. The minimum absolute atomic E-state index is 0.484. The standard InChI is InChI=1S/C19H21N3/c1-14(2)21-12-10-16(13-21)18-17-9-6-11-22(17)20-19(18)15-7-4-3-5-8-15/h3-5,7-8,10,12-14H,6,9,11H2,1-2H3. The molecule has 3 heteroatoms. The molecule has 1 aliphatic rings. The highest BCUT2D eigenvalue weighted by Gasteiger charge is 2.24. The van der Waals surface area contributed by atoms with E-state index in [0.717, 1.165) is 18.7 Å². The zero-order chi connectivity index (χ0) is 15.1. The first-order chi connectivity index (χ1) is 10.7. The van der Waals surface area contributed by atoms with E-state index in [1.54, 1.807) is 0 Å². The summed E-state index contributed by atoms with van der Waals surface area (Å²) in [5.41, 5.74) is 6.33. The molecule has 0 atom stereocenters. The Bertz CT molecular complexity index is 793. The van der Waals surface area contributed by atoms with Crippen molar-refractivity contribution < 1.29 is 0 Å². The zero-order valence-corrected chi connectivity index (χ0v) is 13.2. The van der Waals surface area contributed by atoms with E-state index in [1.165, 1.54) is 28.8 Å². The topological polar surface area (TPSA) is 22.8 Å². The summed E-state index contributed by atoms with van der Waals surface area (Å²) in [5.74, 6) is 0. The van der Waals surface area contributed by atoms with Gasteiger partial charge in [-0.15, -0.1) is 0 Å². The van der Waals surface area contributed by atoms with Crippen molar-refractivity contribution in [3.63, 3.8) is 0 Å². The number of rotatable bonds is 3. The van der Waals surface area contributed by atoms with Crippen molar-refractivity contribution in [3.05, 3.63) is 54.5 Å². The van der Waals surface area contributed by atoms with Crippen LogP contribution in [0.25, 0.3) is 22.4 Å². The number of fused-ring (bicyclic) bond motifs is 1. The molecule has 1 aliphatic heterocycles. The largest absolute Gasteiger partial charge is 0.351 e. The van der Waals surface area contributed by atoms with Crippen LogP contribution in [0.3, 0.4) is 0 Å². The van der Waals surface area contributed by atoms with Gasteiger partial charge in [0.05, 0.1) is 0 Å². The highest BCUT2D eigenvalue weighted by molar-refractivity contribution is 5.82. The van der Waals surface area contributed by atoms with Gasteiger partial charge in [0, 0.05) is 47.4 Å². The van der Waals surface area contributed by atoms with E-state index in [9.17, 15) is 0 Å². The fraction of sp³-hybridized carbons (Fsp3) is 0.316. The number of aromatic nitrogens is 3. The number of hydrogen-bond donors (Lipinski definition) is 0. The maximum atomic E-state index is 4.90. The van der Waals surface area contributed by atoms with Crippen molar-refractivity contribution in [2.75, 3.05) is 0 Å². The molecule has 112 valence electrons. The SMILES string of the molecule is CC(C)n1ccc(-c2c(-c3ccccc3)nn3c2CCC3)c1. The minimum atomic E-state index is 0.484. The van der Waals surface area contributed by atoms with Gasteiger partial charge in [0.1, 0.15) is 5.69 Å². The van der Waals surface area contributed by atoms with Crippen LogP contribution in [0.4, 0.5) is 0 Å². The second-order valence-electron chi connectivity index (χ2n) is 6.30. The molecule has 3 nitrogen and oxygen atoms in total. The Labute approximate surface area is 131 Å². The van der Waals surface area contributed by atoms with E-state index in [4.69, 9.17) is 5.10 Å². The van der Waals surface area contributed by atoms with Gasteiger partial charge in [-0.05, 0) is 32.8 Å². The molecule has 4 rings (SSSR count). The van der Waals surface area contributed by atoms with Gasteiger partial charge in [-0.1, -0.05) is 30.3 Å². The summed E-state index contributed by atoms with van der Waals surface area (Å²) in [4.78, 5) is 0. The molecule has 0 aliphatic carbocycles. The second-order valence-corrected chi connectivity index (χ2v) is 6.30. The fourth-order valence-electron chi connectivity index (χ4n) is 3.32. The Morgan fingerprint density at radius 1 is 1.05 bits per heavy atom. The van der Waals surface area contributed by atoms with Crippen molar-refractivity contribution in [2.45, 2.75) is 39.3 Å². The summed E-state index contributed by atoms with van der Waals surface area (Å²) in [7, 11) is 0. The number of hydrogen-bond acceptors (Lipinski definition) is 1. The van der Waals surface area contributed by atoms with Gasteiger partial charge < -0.3 is 4.57 Å². The fourth-order valence-corrected chi connectivity index (χ4v) is 3.32. The highest BCUT2D eigenvalue weighted by atomic mass is 15.3. The molecule has 0 saturated carbocycles. The molecule has 1 aromatic carbocycles. The molecule has 0 bridgehead atoms. The molecule has 3 aromatic rings. The van der Waals surface area contributed by atoms with Crippen LogP contribution < -0.4 is 0 Å². The number of nitrogens with zero attached hydrogens (tertiary/aromatic N) is 3. The van der Waals surface area contributed by atoms with Gasteiger partial charge in [-0.25, -0.2) is 0 Å². The normalized spacial score (nSPS) is 13.8. The first kappa shape index (κ1) is 13.4. The summed E-state index contributed by atoms with van der Waals surface area (Å²) in [6, 6.07) is 13.2. The van der Waals surface area contributed by atoms with E-state index in [-0.39, 0.29) is 0 Å². The van der Waals surface area contributed by atoms with E-state index in [1.807, 2.05) is 0 Å². The molecule has 0 N–H and O–H groups in total. The quantitative estimate of drug-likeness (QED) is 0.694. The average molecular weight is 291 g/mol. The van der Waals surface area contributed by atoms with Crippen molar-refractivity contribution in [1.29, 1.82) is 0 Å². The third-order valence-corrected chi connectivity index (χ3v) is 4.49. The zero-order valence-electron chi connectivity index (χ0n) is 13.2. The minimum Gasteiger partial charge on any atom is -0.351 e. The lowest BCUT2D eigenvalue weighted by molar-refractivity contribution is 0.604. The van der Waals surface area contributed by atoms with Gasteiger partial charge in [-0.2, -0.15) is 5.10 Å². The Kier molecular flexibility index (Phi) is 3.14. The van der Waals surface area contributed by atoms with Gasteiger partial charge in [0.15, 0.2) is 0 Å². The highest BCUT2D eigenvalue weighted by Crippen LogP contribution is 2.37. The Morgan fingerprint density at radius 3 is 2.59 bits per heavy atom. The number of benzene rings is 1. The lowest BCUT2D eigenvalue weighted by Gasteiger charge is -2.06. The third-order valence-electron chi connectivity index (χ3n) is 4.49. The van der Waals surface area contributed by atoms with E-state index >= 15 is 0 Å². The van der Waals surface area contributed by atoms with Crippen molar-refractivity contribution in [3.8, 4) is 22.4 Å². The van der Waals surface area contributed by atoms with Crippen LogP contribution >= 0.6 is 0 Å². The van der Waals surface area contributed by atoms with Crippen LogP contribution in [-0.2, 0) is 13.0 Å². The summed E-state index contributed by atoms with van der Waals surface area (Å²) in [6.07, 6.45) is 6.76. The van der Waals surface area contributed by atoms with Crippen LogP contribution in [0.1, 0.15) is 32.0 Å². The monoisotopic (exact) mass is 291 g/mol. The predicted molar refractivity (Wildman–Crippen MR) is 89.8 cm³/mol. The van der Waals surface area contributed by atoms with Crippen LogP contribution in [0.2, 0.25) is 0 Å². The molecule has 2 aromatic heterocycles. The third kappa shape index (κ3) is 2.08. The summed E-state index contributed by atoms with van der Waals surface area (Å²) >= 11 is 0. The molecule has 0 radical (unpaired) electrons.